The predicted molar refractivity (Wildman–Crippen MR) is 47.7 cm³/mol. The molecule has 0 N–H and O–H groups in total. The van der Waals surface area contributed by atoms with E-state index in [-0.39, 0.29) is 5.57 Å². The molecule has 1 fully saturated rings. The van der Waals surface area contributed by atoms with Gasteiger partial charge in [-0.15, -0.1) is 0 Å². The molecule has 0 atom stereocenters. The third-order valence-electron chi connectivity index (χ3n) is 2.33. The fraction of sp³-hybridized carbons (Fsp3) is 0.600. The van der Waals surface area contributed by atoms with Crippen molar-refractivity contribution in [1.29, 1.82) is 5.26 Å². The highest BCUT2D eigenvalue weighted by atomic mass is 16.5. The molecule has 0 aromatic carbocycles. The molecular weight excluding hydrogens is 166 g/mol. The van der Waals surface area contributed by atoms with Crippen molar-refractivity contribution in [2.24, 2.45) is 5.92 Å². The number of hydrogen-bond acceptors (Lipinski definition) is 3. The second kappa shape index (κ2) is 4.66. The summed E-state index contributed by atoms with van der Waals surface area (Å²) in [7, 11) is 1.29. The minimum atomic E-state index is -0.519. The van der Waals surface area contributed by atoms with Crippen molar-refractivity contribution < 1.29 is 9.53 Å². The lowest BCUT2D eigenvalue weighted by Crippen LogP contribution is -2.04. The number of rotatable bonds is 2. The molecule has 0 amide bonds. The number of hydrogen-bond donors (Lipinski definition) is 0. The van der Waals surface area contributed by atoms with Crippen LogP contribution in [0.4, 0.5) is 0 Å². The van der Waals surface area contributed by atoms with Crippen molar-refractivity contribution in [3.05, 3.63) is 11.6 Å². The Kier molecular flexibility index (Phi) is 3.51. The Balaban J connectivity index is 2.65. The minimum Gasteiger partial charge on any atom is -0.465 e. The molecule has 0 aromatic heterocycles. The first-order valence-electron chi connectivity index (χ1n) is 4.48. The largest absolute Gasteiger partial charge is 0.465 e. The number of nitriles is 1. The number of esters is 1. The van der Waals surface area contributed by atoms with Gasteiger partial charge in [-0.25, -0.2) is 4.79 Å². The number of allylic oxidation sites excluding steroid dienone is 1. The van der Waals surface area contributed by atoms with Crippen LogP contribution >= 0.6 is 0 Å². The monoisotopic (exact) mass is 179 g/mol. The molecule has 0 aliphatic heterocycles. The SMILES string of the molecule is COC(=O)/C(C#N)=C/C1CCCC1. The van der Waals surface area contributed by atoms with Gasteiger partial charge in [0.15, 0.2) is 0 Å². The molecule has 1 aliphatic carbocycles. The number of nitrogens with zero attached hydrogens (tertiary/aromatic N) is 1. The molecular formula is C10H13NO2. The highest BCUT2D eigenvalue weighted by Crippen LogP contribution is 2.26. The van der Waals surface area contributed by atoms with Crippen LogP contribution in [-0.2, 0) is 9.53 Å². The predicted octanol–water partition coefficient (Wildman–Crippen LogP) is 1.80. The molecule has 1 saturated carbocycles. The van der Waals surface area contributed by atoms with Gasteiger partial charge in [0.05, 0.1) is 7.11 Å². The molecule has 70 valence electrons. The van der Waals surface area contributed by atoms with Crippen molar-refractivity contribution in [3.63, 3.8) is 0 Å². The molecule has 1 rings (SSSR count). The van der Waals surface area contributed by atoms with Crippen molar-refractivity contribution in [2.45, 2.75) is 25.7 Å². The molecule has 0 bridgehead atoms. The molecule has 0 aromatic rings. The summed E-state index contributed by atoms with van der Waals surface area (Å²) < 4.78 is 4.48. The highest BCUT2D eigenvalue weighted by Gasteiger charge is 2.16. The normalized spacial score (nSPS) is 18.3. The summed E-state index contributed by atoms with van der Waals surface area (Å²) >= 11 is 0. The van der Waals surface area contributed by atoms with E-state index < -0.39 is 5.97 Å². The first-order chi connectivity index (χ1) is 6.27. The van der Waals surface area contributed by atoms with Gasteiger partial charge in [-0.1, -0.05) is 18.9 Å². The first-order valence-corrected chi connectivity index (χ1v) is 4.48. The third-order valence-corrected chi connectivity index (χ3v) is 2.33. The molecule has 3 nitrogen and oxygen atoms in total. The Morgan fingerprint density at radius 3 is 2.62 bits per heavy atom. The maximum atomic E-state index is 11.0. The fourth-order valence-corrected chi connectivity index (χ4v) is 1.62. The Morgan fingerprint density at radius 2 is 2.15 bits per heavy atom. The van der Waals surface area contributed by atoms with Gasteiger partial charge in [0.25, 0.3) is 0 Å². The van der Waals surface area contributed by atoms with Crippen LogP contribution < -0.4 is 0 Å². The van der Waals surface area contributed by atoms with Gasteiger partial charge >= 0.3 is 5.97 Å². The molecule has 0 radical (unpaired) electrons. The summed E-state index contributed by atoms with van der Waals surface area (Å²) in [6.45, 7) is 0. The Hall–Kier alpha value is -1.30. The van der Waals surface area contributed by atoms with Crippen LogP contribution in [0.3, 0.4) is 0 Å². The minimum absolute atomic E-state index is 0.148. The number of methoxy groups -OCH3 is 1. The zero-order valence-electron chi connectivity index (χ0n) is 7.75. The van der Waals surface area contributed by atoms with E-state index in [0.29, 0.717) is 5.92 Å². The molecule has 3 heteroatoms. The van der Waals surface area contributed by atoms with Crippen molar-refractivity contribution in [3.8, 4) is 6.07 Å². The molecule has 0 heterocycles. The summed E-state index contributed by atoms with van der Waals surface area (Å²) in [5, 5.41) is 8.67. The lowest BCUT2D eigenvalue weighted by atomic mass is 10.0. The highest BCUT2D eigenvalue weighted by molar-refractivity contribution is 5.92. The summed E-state index contributed by atoms with van der Waals surface area (Å²) in [6.07, 6.45) is 6.31. The number of ether oxygens (including phenoxy) is 1. The topological polar surface area (TPSA) is 50.1 Å². The van der Waals surface area contributed by atoms with E-state index in [4.69, 9.17) is 5.26 Å². The maximum absolute atomic E-state index is 11.0. The molecule has 0 spiro atoms. The van der Waals surface area contributed by atoms with Crippen molar-refractivity contribution in [2.75, 3.05) is 7.11 Å². The number of carbonyl (C=O) groups excluding carboxylic acids is 1. The van der Waals surface area contributed by atoms with E-state index >= 15 is 0 Å². The standard InChI is InChI=1S/C10H13NO2/c1-13-10(12)9(7-11)6-8-4-2-3-5-8/h6,8H,2-5H2,1H3/b9-6+. The molecule has 13 heavy (non-hydrogen) atoms. The van der Waals surface area contributed by atoms with Crippen LogP contribution in [0.1, 0.15) is 25.7 Å². The average molecular weight is 179 g/mol. The molecule has 0 saturated heterocycles. The van der Waals surface area contributed by atoms with E-state index in [0.717, 1.165) is 12.8 Å². The Morgan fingerprint density at radius 1 is 1.54 bits per heavy atom. The van der Waals surface area contributed by atoms with Crippen molar-refractivity contribution >= 4 is 5.97 Å². The van der Waals surface area contributed by atoms with Crippen LogP contribution in [-0.4, -0.2) is 13.1 Å². The first kappa shape index (κ1) is 9.79. The zero-order valence-corrected chi connectivity index (χ0v) is 7.75. The van der Waals surface area contributed by atoms with Gasteiger partial charge < -0.3 is 4.74 Å². The van der Waals surface area contributed by atoms with Crippen LogP contribution in [0.25, 0.3) is 0 Å². The zero-order chi connectivity index (χ0) is 9.68. The van der Waals surface area contributed by atoms with Crippen LogP contribution in [0.5, 0.6) is 0 Å². The lowest BCUT2D eigenvalue weighted by molar-refractivity contribution is -0.135. The second-order valence-electron chi connectivity index (χ2n) is 3.23. The molecule has 0 unspecified atom stereocenters. The van der Waals surface area contributed by atoms with Crippen molar-refractivity contribution in [1.82, 2.24) is 0 Å². The maximum Gasteiger partial charge on any atom is 0.348 e. The smallest absolute Gasteiger partial charge is 0.348 e. The second-order valence-corrected chi connectivity index (χ2v) is 3.23. The van der Waals surface area contributed by atoms with E-state index in [9.17, 15) is 4.79 Å². The van der Waals surface area contributed by atoms with E-state index in [1.54, 1.807) is 6.08 Å². The summed E-state index contributed by atoms with van der Waals surface area (Å²) in [5.74, 6) is -0.122. The van der Waals surface area contributed by atoms with E-state index in [1.807, 2.05) is 6.07 Å². The third kappa shape index (κ3) is 2.59. The average Bonchev–Trinajstić information content (AvgIpc) is 2.65. The van der Waals surface area contributed by atoms with Gasteiger partial charge in [0.2, 0.25) is 0 Å². The quantitative estimate of drug-likeness (QED) is 0.369. The van der Waals surface area contributed by atoms with E-state index in [2.05, 4.69) is 4.74 Å². The van der Waals surface area contributed by atoms with Crippen LogP contribution in [0.15, 0.2) is 11.6 Å². The summed E-state index contributed by atoms with van der Waals surface area (Å²) in [6, 6.07) is 1.87. The molecule has 1 aliphatic rings. The van der Waals surface area contributed by atoms with E-state index in [1.165, 1.54) is 20.0 Å². The Bertz CT molecular complexity index is 257. The van der Waals surface area contributed by atoms with Gasteiger partial charge in [0.1, 0.15) is 11.6 Å². The van der Waals surface area contributed by atoms with Crippen LogP contribution in [0, 0.1) is 17.2 Å². The summed E-state index contributed by atoms with van der Waals surface area (Å²) in [5.41, 5.74) is 0.148. The van der Waals surface area contributed by atoms with Gasteiger partial charge in [-0.2, -0.15) is 5.26 Å². The Labute approximate surface area is 78.0 Å². The fourth-order valence-electron chi connectivity index (χ4n) is 1.62. The number of carbonyl (C=O) groups is 1. The van der Waals surface area contributed by atoms with Gasteiger partial charge in [0, 0.05) is 0 Å². The van der Waals surface area contributed by atoms with Gasteiger partial charge in [-0.05, 0) is 18.8 Å². The lowest BCUT2D eigenvalue weighted by Gasteiger charge is -2.01. The summed E-state index contributed by atoms with van der Waals surface area (Å²) in [4.78, 5) is 11.0. The van der Waals surface area contributed by atoms with Crippen LogP contribution in [0.2, 0.25) is 0 Å². The van der Waals surface area contributed by atoms with Gasteiger partial charge in [-0.3, -0.25) is 0 Å².